The molecule has 0 radical (unpaired) electrons. The number of rotatable bonds is 22. The minimum atomic E-state index is -2.10. The number of methoxy groups -OCH3 is 2. The van der Waals surface area contributed by atoms with Gasteiger partial charge in [0.25, 0.3) is 14.1 Å². The number of hydrogen-bond acceptors (Lipinski definition) is 13. The number of thioether (sulfide) groups is 1. The van der Waals surface area contributed by atoms with E-state index < -0.39 is 61.6 Å². The molecule has 1 aliphatic heterocycles. The molecule has 1 aliphatic carbocycles. The zero-order chi connectivity index (χ0) is 53.4. The summed E-state index contributed by atoms with van der Waals surface area (Å²) in [5.74, 6) is 1.27. The number of aromatic amines is 1. The second kappa shape index (κ2) is 24.2. The third-order valence-electron chi connectivity index (χ3n) is 13.3. The van der Waals surface area contributed by atoms with E-state index in [1.807, 2.05) is 148 Å². The third kappa shape index (κ3) is 12.1. The summed E-state index contributed by atoms with van der Waals surface area (Å²) < 4.78 is 64.3. The van der Waals surface area contributed by atoms with Crippen molar-refractivity contribution in [2.75, 3.05) is 39.8 Å². The van der Waals surface area contributed by atoms with Crippen LogP contribution in [-0.2, 0) is 33.7 Å². The normalized spacial score (nSPS) is 18.0. The molecule has 2 N–H and O–H groups in total. The predicted octanol–water partition coefficient (Wildman–Crippen LogP) is 10.1. The molecule has 8 rings (SSSR count). The molecule has 0 saturated carbocycles. The van der Waals surface area contributed by atoms with Crippen molar-refractivity contribution in [3.63, 3.8) is 0 Å². The highest BCUT2D eigenvalue weighted by molar-refractivity contribution is 8.13. The Morgan fingerprint density at radius 1 is 0.773 bits per heavy atom. The highest BCUT2D eigenvalue weighted by atomic mass is 32.2. The van der Waals surface area contributed by atoms with Crippen LogP contribution >= 0.6 is 20.3 Å². The summed E-state index contributed by atoms with van der Waals surface area (Å²) in [6.07, 6.45) is -5.61. The monoisotopic (exact) mass is 1060 g/mol. The molecular formula is C57H64FN4O11PS. The summed E-state index contributed by atoms with van der Waals surface area (Å²) in [6.45, 7) is 10.9. The fraction of sp³-hybridized carbons (Fsp3) is 0.368. The zero-order valence-electron chi connectivity index (χ0n) is 43.3. The predicted molar refractivity (Wildman–Crippen MR) is 288 cm³/mol. The standard InChI is InChI=1S/C57H64FN4O11PS/c1-36(2)62(37(3)4)74(71-32-33-75-53(64)56(5,6)60-55(66)69-34-47-45-20-14-12-18-43(45)44-19-13-15-21-46(44)47)73-51-48(72-52(50(51)58)61-31-30-49(63)59-54(61)65)35-70-57(38-16-10-9-11-17-38,39-22-26-41(67-7)27-23-39)40-24-28-42(68-8)29-25-40/h9-31,36-37,47-48,50-52H,32-35H2,1-8H3,(H,60,66)(H,59,63,65). The Hall–Kier alpha value is -6.17. The minimum Gasteiger partial charge on any atom is -0.497 e. The van der Waals surface area contributed by atoms with Crippen LogP contribution in [0.4, 0.5) is 9.18 Å². The number of amides is 1. The lowest BCUT2D eigenvalue weighted by Gasteiger charge is -2.39. The maximum Gasteiger partial charge on any atom is 0.407 e. The van der Waals surface area contributed by atoms with E-state index in [1.165, 1.54) is 6.20 Å². The molecule has 1 saturated heterocycles. The molecule has 5 atom stereocenters. The second-order valence-electron chi connectivity index (χ2n) is 19.3. The van der Waals surface area contributed by atoms with E-state index in [0.717, 1.165) is 61.3 Å². The number of fused-ring (bicyclic) bond motifs is 3. The van der Waals surface area contributed by atoms with Crippen molar-refractivity contribution in [1.29, 1.82) is 0 Å². The first kappa shape index (κ1) is 55.1. The van der Waals surface area contributed by atoms with E-state index in [4.69, 9.17) is 32.7 Å². The number of ether oxygens (including phenoxy) is 5. The Labute approximate surface area is 442 Å². The number of carbonyl (C=O) groups excluding carboxylic acids is 2. The Kier molecular flexibility index (Phi) is 17.8. The topological polar surface area (TPSA) is 169 Å². The van der Waals surface area contributed by atoms with Crippen molar-refractivity contribution in [2.24, 2.45) is 0 Å². The van der Waals surface area contributed by atoms with E-state index in [0.29, 0.717) is 11.5 Å². The van der Waals surface area contributed by atoms with E-state index >= 15 is 4.39 Å². The molecule has 15 nitrogen and oxygen atoms in total. The highest BCUT2D eigenvalue weighted by Gasteiger charge is 2.51. The lowest BCUT2D eigenvalue weighted by Crippen LogP contribution is -2.49. The SMILES string of the molecule is COc1ccc(C(OCC2OC(n3ccc(=O)[nH]c3=O)C(F)C2OP(OCCSC(=O)C(C)(C)NC(=O)OCC2c3ccccc3-c3ccccc32)N(C(C)C)C(C)C)(c2ccccc2)c2ccc(OC)cc2)cc1. The molecule has 1 fully saturated rings. The molecule has 2 heterocycles. The minimum absolute atomic E-state index is 0.000360. The van der Waals surface area contributed by atoms with Crippen LogP contribution < -0.4 is 26.0 Å². The van der Waals surface area contributed by atoms with Crippen LogP contribution in [0.25, 0.3) is 11.1 Å². The average Bonchev–Trinajstić information content (AvgIpc) is 3.89. The quantitative estimate of drug-likeness (QED) is 0.0375. The van der Waals surface area contributed by atoms with Gasteiger partial charge in [-0.3, -0.25) is 19.1 Å². The number of benzene rings is 5. The highest BCUT2D eigenvalue weighted by Crippen LogP contribution is 2.52. The molecule has 2 aliphatic rings. The van der Waals surface area contributed by atoms with Gasteiger partial charge in [0, 0.05) is 36.0 Å². The van der Waals surface area contributed by atoms with Gasteiger partial charge in [-0.1, -0.05) is 115 Å². The van der Waals surface area contributed by atoms with Crippen molar-refractivity contribution >= 4 is 31.5 Å². The van der Waals surface area contributed by atoms with Crippen LogP contribution in [0.15, 0.2) is 149 Å². The molecule has 0 bridgehead atoms. The molecular weight excluding hydrogens is 999 g/mol. The molecule has 1 amide bonds. The molecule has 0 spiro atoms. The molecule has 5 aromatic carbocycles. The smallest absolute Gasteiger partial charge is 0.407 e. The van der Waals surface area contributed by atoms with Gasteiger partial charge in [-0.15, -0.1) is 0 Å². The Morgan fingerprint density at radius 2 is 1.32 bits per heavy atom. The number of nitrogens with zero attached hydrogens (tertiary/aromatic N) is 2. The van der Waals surface area contributed by atoms with Gasteiger partial charge in [0.05, 0.1) is 27.4 Å². The zero-order valence-corrected chi connectivity index (χ0v) is 45.0. The van der Waals surface area contributed by atoms with Crippen molar-refractivity contribution in [3.05, 3.63) is 188 Å². The van der Waals surface area contributed by atoms with E-state index in [1.54, 1.807) is 28.1 Å². The van der Waals surface area contributed by atoms with Crippen LogP contribution in [0.1, 0.15) is 81.5 Å². The van der Waals surface area contributed by atoms with Crippen LogP contribution in [0, 0.1) is 0 Å². The summed E-state index contributed by atoms with van der Waals surface area (Å²) in [6, 6.07) is 41.4. The van der Waals surface area contributed by atoms with Gasteiger partial charge in [0.1, 0.15) is 41.5 Å². The number of aromatic nitrogens is 2. The third-order valence-corrected chi connectivity index (χ3v) is 16.5. The number of H-pyrrole nitrogens is 1. The van der Waals surface area contributed by atoms with Crippen LogP contribution in [0.3, 0.4) is 0 Å². The molecule has 1 aromatic heterocycles. The molecule has 6 aromatic rings. The summed E-state index contributed by atoms with van der Waals surface area (Å²) in [4.78, 5) is 54.7. The molecule has 18 heteroatoms. The van der Waals surface area contributed by atoms with Crippen LogP contribution in [0.2, 0.25) is 0 Å². The summed E-state index contributed by atoms with van der Waals surface area (Å²) in [5.41, 5.74) is 2.39. The Balaban J connectivity index is 1.02. The fourth-order valence-corrected chi connectivity index (χ4v) is 12.3. The van der Waals surface area contributed by atoms with Gasteiger partial charge in [-0.05, 0) is 105 Å². The maximum atomic E-state index is 17.5. The first-order chi connectivity index (χ1) is 36.1. The van der Waals surface area contributed by atoms with Crippen molar-refractivity contribution in [2.45, 2.75) is 95.3 Å². The van der Waals surface area contributed by atoms with Gasteiger partial charge < -0.3 is 38.0 Å². The summed E-state index contributed by atoms with van der Waals surface area (Å²) in [7, 11) is 1.07. The first-order valence-corrected chi connectivity index (χ1v) is 27.0. The van der Waals surface area contributed by atoms with E-state index in [9.17, 15) is 19.2 Å². The average molecular weight is 1060 g/mol. The van der Waals surface area contributed by atoms with E-state index in [2.05, 4.69) is 22.4 Å². The number of nitrogens with one attached hydrogen (secondary N) is 2. The number of halogens is 1. The maximum absolute atomic E-state index is 17.5. The van der Waals surface area contributed by atoms with Crippen molar-refractivity contribution < 1.29 is 46.7 Å². The second-order valence-corrected chi connectivity index (χ2v) is 21.7. The van der Waals surface area contributed by atoms with Gasteiger partial charge in [-0.2, -0.15) is 0 Å². The van der Waals surface area contributed by atoms with Gasteiger partial charge in [0.2, 0.25) is 5.12 Å². The summed E-state index contributed by atoms with van der Waals surface area (Å²) >= 11 is 0.975. The van der Waals surface area contributed by atoms with Crippen LogP contribution in [-0.4, -0.2) is 101 Å². The Morgan fingerprint density at radius 3 is 1.87 bits per heavy atom. The van der Waals surface area contributed by atoms with Gasteiger partial charge in [0.15, 0.2) is 12.4 Å². The van der Waals surface area contributed by atoms with Gasteiger partial charge in [-0.25, -0.2) is 18.6 Å². The number of alkyl carbamates (subject to hydrolysis) is 1. The Bertz CT molecular complexity index is 2910. The fourth-order valence-electron chi connectivity index (χ4n) is 9.69. The first-order valence-electron chi connectivity index (χ1n) is 24.8. The number of hydrogen-bond donors (Lipinski definition) is 2. The largest absolute Gasteiger partial charge is 0.497 e. The number of alkyl halides is 1. The number of carbonyl (C=O) groups is 2. The molecule has 396 valence electrons. The lowest BCUT2D eigenvalue weighted by atomic mass is 9.80. The molecule has 75 heavy (non-hydrogen) atoms. The molecule has 5 unspecified atom stereocenters. The summed E-state index contributed by atoms with van der Waals surface area (Å²) in [5, 5.41) is 2.42. The van der Waals surface area contributed by atoms with E-state index in [-0.39, 0.29) is 48.7 Å². The lowest BCUT2D eigenvalue weighted by molar-refractivity contribution is -0.115. The van der Waals surface area contributed by atoms with Crippen molar-refractivity contribution in [1.82, 2.24) is 19.5 Å². The van der Waals surface area contributed by atoms with Crippen LogP contribution in [0.5, 0.6) is 11.5 Å². The van der Waals surface area contributed by atoms with Gasteiger partial charge >= 0.3 is 11.8 Å². The van der Waals surface area contributed by atoms with Crippen molar-refractivity contribution in [3.8, 4) is 22.6 Å².